The Morgan fingerprint density at radius 2 is 1.92 bits per heavy atom. The van der Waals surface area contributed by atoms with Crippen LogP contribution in [0.25, 0.3) is 5.69 Å². The first-order chi connectivity index (χ1) is 11.9. The molecule has 0 amide bonds. The molecule has 3 aromatic rings. The fourth-order valence-electron chi connectivity index (χ4n) is 2.27. The largest absolute Gasteiger partial charge is 0.241 e. The van der Waals surface area contributed by atoms with Crippen LogP contribution in [0, 0.1) is 5.82 Å². The highest BCUT2D eigenvalue weighted by Crippen LogP contribution is 2.22. The number of rotatable bonds is 5. The first-order valence-corrected chi connectivity index (χ1v) is 9.15. The lowest BCUT2D eigenvalue weighted by Crippen LogP contribution is -2.27. The fraction of sp³-hybridized carbons (Fsp3) is 0.125. The van der Waals surface area contributed by atoms with E-state index in [2.05, 4.69) is 14.8 Å². The van der Waals surface area contributed by atoms with Crippen molar-refractivity contribution in [2.24, 2.45) is 0 Å². The Labute approximate surface area is 149 Å². The van der Waals surface area contributed by atoms with E-state index < -0.39 is 21.9 Å². The zero-order valence-corrected chi connectivity index (χ0v) is 14.7. The molecular weight excluding hydrogens is 367 g/mol. The first-order valence-electron chi connectivity index (χ1n) is 7.29. The van der Waals surface area contributed by atoms with Gasteiger partial charge in [0.15, 0.2) is 0 Å². The minimum atomic E-state index is -3.83. The third-order valence-corrected chi connectivity index (χ3v) is 5.44. The van der Waals surface area contributed by atoms with Gasteiger partial charge in [-0.3, -0.25) is 0 Å². The van der Waals surface area contributed by atoms with E-state index in [1.54, 1.807) is 30.1 Å². The SMILES string of the molecule is C[C@@H](NS(=O)(=O)c1ccc(F)c(Cl)c1)c1ccc(-n2cncn2)cc1. The molecule has 6 nitrogen and oxygen atoms in total. The van der Waals surface area contributed by atoms with Crippen LogP contribution in [0.4, 0.5) is 4.39 Å². The quantitative estimate of drug-likeness (QED) is 0.737. The highest BCUT2D eigenvalue weighted by atomic mass is 35.5. The fourth-order valence-corrected chi connectivity index (χ4v) is 3.77. The Bertz CT molecular complexity index is 976. The maximum atomic E-state index is 13.2. The Kier molecular flexibility index (Phi) is 4.85. The second-order valence-electron chi connectivity index (χ2n) is 5.35. The van der Waals surface area contributed by atoms with E-state index in [4.69, 9.17) is 11.6 Å². The van der Waals surface area contributed by atoms with Gasteiger partial charge in [-0.2, -0.15) is 5.10 Å². The van der Waals surface area contributed by atoms with E-state index in [9.17, 15) is 12.8 Å². The van der Waals surface area contributed by atoms with Gasteiger partial charge in [0, 0.05) is 6.04 Å². The Balaban J connectivity index is 1.78. The van der Waals surface area contributed by atoms with Crippen molar-refractivity contribution in [3.8, 4) is 5.69 Å². The summed E-state index contributed by atoms with van der Waals surface area (Å²) in [5, 5.41) is 3.78. The number of sulfonamides is 1. The van der Waals surface area contributed by atoms with Crippen LogP contribution >= 0.6 is 11.6 Å². The van der Waals surface area contributed by atoms with E-state index in [1.165, 1.54) is 12.4 Å². The molecule has 1 N–H and O–H groups in total. The van der Waals surface area contributed by atoms with Crippen LogP contribution in [0.2, 0.25) is 5.02 Å². The average Bonchev–Trinajstić information content (AvgIpc) is 3.11. The molecule has 0 fully saturated rings. The van der Waals surface area contributed by atoms with Crippen molar-refractivity contribution in [2.75, 3.05) is 0 Å². The van der Waals surface area contributed by atoms with Gasteiger partial charge in [-0.1, -0.05) is 23.7 Å². The molecule has 0 unspecified atom stereocenters. The molecule has 3 rings (SSSR count). The Morgan fingerprint density at radius 3 is 2.52 bits per heavy atom. The highest BCUT2D eigenvalue weighted by Gasteiger charge is 2.19. The summed E-state index contributed by atoms with van der Waals surface area (Å²) >= 11 is 5.66. The summed E-state index contributed by atoms with van der Waals surface area (Å²) in [6.45, 7) is 1.72. The average molecular weight is 381 g/mol. The van der Waals surface area contributed by atoms with Gasteiger partial charge in [0.1, 0.15) is 18.5 Å². The summed E-state index contributed by atoms with van der Waals surface area (Å²) in [4.78, 5) is 3.78. The van der Waals surface area contributed by atoms with Crippen LogP contribution in [-0.4, -0.2) is 23.2 Å². The van der Waals surface area contributed by atoms with E-state index in [0.717, 1.165) is 23.4 Å². The number of nitrogens with one attached hydrogen (secondary N) is 1. The molecule has 0 aliphatic rings. The monoisotopic (exact) mass is 380 g/mol. The van der Waals surface area contributed by atoms with Crippen molar-refractivity contribution in [3.05, 3.63) is 71.5 Å². The van der Waals surface area contributed by atoms with E-state index in [1.807, 2.05) is 12.1 Å². The minimum Gasteiger partial charge on any atom is -0.223 e. The number of aromatic nitrogens is 3. The molecule has 0 saturated heterocycles. The standard InChI is InChI=1S/C16H14ClFN4O2S/c1-11(12-2-4-13(5-3-12)22-10-19-9-20-22)21-25(23,24)14-6-7-16(18)15(17)8-14/h2-11,21H,1H3/t11-/m1/s1. The molecule has 0 saturated carbocycles. The molecule has 0 spiro atoms. The molecule has 0 aliphatic carbocycles. The Morgan fingerprint density at radius 1 is 1.20 bits per heavy atom. The molecular formula is C16H14ClFN4O2S. The zero-order chi connectivity index (χ0) is 18.0. The number of hydrogen-bond donors (Lipinski definition) is 1. The number of benzene rings is 2. The summed E-state index contributed by atoms with van der Waals surface area (Å²) < 4.78 is 42.2. The topological polar surface area (TPSA) is 76.9 Å². The normalized spacial score (nSPS) is 12.9. The molecule has 25 heavy (non-hydrogen) atoms. The Hall–Kier alpha value is -2.29. The first kappa shape index (κ1) is 17.5. The van der Waals surface area contributed by atoms with Crippen LogP contribution in [0.15, 0.2) is 60.0 Å². The van der Waals surface area contributed by atoms with Gasteiger partial charge in [-0.15, -0.1) is 0 Å². The van der Waals surface area contributed by atoms with Crippen molar-refractivity contribution in [1.29, 1.82) is 0 Å². The van der Waals surface area contributed by atoms with Gasteiger partial charge in [0.2, 0.25) is 10.0 Å². The minimum absolute atomic E-state index is 0.0926. The van der Waals surface area contributed by atoms with Crippen molar-refractivity contribution in [2.45, 2.75) is 17.9 Å². The highest BCUT2D eigenvalue weighted by molar-refractivity contribution is 7.89. The summed E-state index contributed by atoms with van der Waals surface area (Å²) in [5.41, 5.74) is 1.57. The van der Waals surface area contributed by atoms with Crippen LogP contribution in [0.5, 0.6) is 0 Å². The van der Waals surface area contributed by atoms with Crippen molar-refractivity contribution in [1.82, 2.24) is 19.5 Å². The summed E-state index contributed by atoms with van der Waals surface area (Å²) in [6, 6.07) is 9.99. The predicted molar refractivity (Wildman–Crippen MR) is 91.5 cm³/mol. The van der Waals surface area contributed by atoms with Gasteiger partial charge in [0.25, 0.3) is 0 Å². The van der Waals surface area contributed by atoms with Crippen LogP contribution in [0.1, 0.15) is 18.5 Å². The van der Waals surface area contributed by atoms with Gasteiger partial charge in [0.05, 0.1) is 15.6 Å². The molecule has 9 heteroatoms. The predicted octanol–water partition coefficient (Wildman–Crippen LogP) is 3.10. The van der Waals surface area contributed by atoms with Crippen LogP contribution in [0.3, 0.4) is 0 Å². The molecule has 1 heterocycles. The molecule has 0 radical (unpaired) electrons. The van der Waals surface area contributed by atoms with Gasteiger partial charge in [-0.25, -0.2) is 27.2 Å². The van der Waals surface area contributed by atoms with E-state index in [0.29, 0.717) is 0 Å². The molecule has 0 bridgehead atoms. The smallest absolute Gasteiger partial charge is 0.223 e. The van der Waals surface area contributed by atoms with Crippen LogP contribution in [-0.2, 0) is 10.0 Å². The third kappa shape index (κ3) is 3.87. The van der Waals surface area contributed by atoms with E-state index in [-0.39, 0.29) is 9.92 Å². The molecule has 0 aliphatic heterocycles. The summed E-state index contributed by atoms with van der Waals surface area (Å²) in [7, 11) is -3.83. The lowest BCUT2D eigenvalue weighted by atomic mass is 10.1. The van der Waals surface area contributed by atoms with Crippen molar-refractivity contribution in [3.63, 3.8) is 0 Å². The molecule has 1 atom stereocenters. The van der Waals surface area contributed by atoms with Gasteiger partial charge >= 0.3 is 0 Å². The van der Waals surface area contributed by atoms with Gasteiger partial charge < -0.3 is 0 Å². The summed E-state index contributed by atoms with van der Waals surface area (Å²) in [5.74, 6) is -0.669. The molecule has 1 aromatic heterocycles. The number of halogens is 2. The second kappa shape index (κ2) is 6.91. The summed E-state index contributed by atoms with van der Waals surface area (Å²) in [6.07, 6.45) is 3.00. The zero-order valence-electron chi connectivity index (χ0n) is 13.1. The maximum Gasteiger partial charge on any atom is 0.241 e. The number of hydrogen-bond acceptors (Lipinski definition) is 4. The molecule has 2 aromatic carbocycles. The lowest BCUT2D eigenvalue weighted by molar-refractivity contribution is 0.566. The molecule has 130 valence electrons. The number of nitrogens with zero attached hydrogens (tertiary/aromatic N) is 3. The van der Waals surface area contributed by atoms with Gasteiger partial charge in [-0.05, 0) is 42.8 Å². The lowest BCUT2D eigenvalue weighted by Gasteiger charge is -2.15. The maximum absolute atomic E-state index is 13.2. The van der Waals surface area contributed by atoms with E-state index >= 15 is 0 Å². The van der Waals surface area contributed by atoms with Crippen molar-refractivity contribution >= 4 is 21.6 Å². The van der Waals surface area contributed by atoms with Crippen LogP contribution < -0.4 is 4.72 Å². The third-order valence-electron chi connectivity index (χ3n) is 3.61. The van der Waals surface area contributed by atoms with Crippen molar-refractivity contribution < 1.29 is 12.8 Å². The second-order valence-corrected chi connectivity index (χ2v) is 7.47.